The van der Waals surface area contributed by atoms with Crippen LogP contribution in [0.1, 0.15) is 23.6 Å². The van der Waals surface area contributed by atoms with Gasteiger partial charge in [0.2, 0.25) is 0 Å². The molecule has 0 aliphatic carbocycles. The highest BCUT2D eigenvalue weighted by atomic mass is 19.1. The molecule has 0 aliphatic heterocycles. The average Bonchev–Trinajstić information content (AvgIpc) is 2.62. The van der Waals surface area contributed by atoms with Gasteiger partial charge in [0.15, 0.2) is 5.96 Å². The minimum Gasteiger partial charge on any atom is -0.508 e. The Bertz CT molecular complexity index is 763. The molecule has 0 amide bonds. The van der Waals surface area contributed by atoms with Gasteiger partial charge in [-0.05, 0) is 61.7 Å². The van der Waals surface area contributed by atoms with Crippen molar-refractivity contribution in [1.29, 1.82) is 0 Å². The molecule has 0 aromatic heterocycles. The fourth-order valence-electron chi connectivity index (χ4n) is 2.58. The molecule has 2 aromatic rings. The fraction of sp³-hybridized carbons (Fsp3) is 0.350. The van der Waals surface area contributed by atoms with E-state index in [9.17, 15) is 9.50 Å². The van der Waals surface area contributed by atoms with E-state index in [1.165, 1.54) is 6.07 Å². The van der Waals surface area contributed by atoms with Crippen LogP contribution in [-0.4, -0.2) is 31.3 Å². The summed E-state index contributed by atoms with van der Waals surface area (Å²) in [6.45, 7) is 5.62. The number of methoxy groups -OCH3 is 1. The number of aryl methyl sites for hydroxylation is 1. The number of guanidine groups is 1. The number of phenolic OH excluding ortho intramolecular Hbond substituents is 1. The van der Waals surface area contributed by atoms with E-state index >= 15 is 0 Å². The van der Waals surface area contributed by atoms with E-state index in [-0.39, 0.29) is 11.6 Å². The van der Waals surface area contributed by atoms with Crippen molar-refractivity contribution in [1.82, 2.24) is 10.6 Å². The van der Waals surface area contributed by atoms with Gasteiger partial charge in [0, 0.05) is 18.7 Å². The van der Waals surface area contributed by atoms with Gasteiger partial charge in [0.1, 0.15) is 17.3 Å². The minimum atomic E-state index is -0.216. The molecule has 2 aromatic carbocycles. The lowest BCUT2D eigenvalue weighted by atomic mass is 10.1. The first-order chi connectivity index (χ1) is 12.5. The molecule has 2 rings (SSSR count). The van der Waals surface area contributed by atoms with Gasteiger partial charge < -0.3 is 20.5 Å². The van der Waals surface area contributed by atoms with E-state index in [0.717, 1.165) is 24.1 Å². The Balaban J connectivity index is 1.98. The number of hydrogen-bond acceptors (Lipinski definition) is 3. The first-order valence-corrected chi connectivity index (χ1v) is 8.66. The summed E-state index contributed by atoms with van der Waals surface area (Å²) in [6, 6.07) is 9.90. The Hall–Kier alpha value is -2.76. The Labute approximate surface area is 153 Å². The average molecular weight is 359 g/mol. The van der Waals surface area contributed by atoms with Crippen molar-refractivity contribution in [2.45, 2.75) is 26.8 Å². The summed E-state index contributed by atoms with van der Waals surface area (Å²) in [5.74, 6) is 1.31. The van der Waals surface area contributed by atoms with E-state index < -0.39 is 0 Å². The Kier molecular flexibility index (Phi) is 7.26. The number of aromatic hydroxyl groups is 1. The van der Waals surface area contributed by atoms with Gasteiger partial charge in [-0.2, -0.15) is 0 Å². The van der Waals surface area contributed by atoms with Crippen LogP contribution in [0.2, 0.25) is 0 Å². The summed E-state index contributed by atoms with van der Waals surface area (Å²) in [6.07, 6.45) is 0.765. The summed E-state index contributed by atoms with van der Waals surface area (Å²) in [5, 5.41) is 16.4. The monoisotopic (exact) mass is 359 g/mol. The zero-order valence-electron chi connectivity index (χ0n) is 15.5. The lowest BCUT2D eigenvalue weighted by Crippen LogP contribution is -2.38. The highest BCUT2D eigenvalue weighted by molar-refractivity contribution is 5.79. The number of aliphatic imine (C=N–C) groups is 1. The molecule has 140 valence electrons. The van der Waals surface area contributed by atoms with Crippen LogP contribution in [-0.2, 0) is 13.0 Å². The Morgan fingerprint density at radius 2 is 1.96 bits per heavy atom. The maximum Gasteiger partial charge on any atom is 0.191 e. The molecule has 5 nitrogen and oxygen atoms in total. The van der Waals surface area contributed by atoms with Crippen LogP contribution in [0.25, 0.3) is 0 Å². The third-order valence-corrected chi connectivity index (χ3v) is 4.03. The second-order valence-electron chi connectivity index (χ2n) is 5.94. The van der Waals surface area contributed by atoms with Gasteiger partial charge in [0.05, 0.1) is 13.7 Å². The predicted molar refractivity (Wildman–Crippen MR) is 102 cm³/mol. The molecule has 0 saturated carbocycles. The highest BCUT2D eigenvalue weighted by Crippen LogP contribution is 2.23. The number of phenols is 1. The normalized spacial score (nSPS) is 11.3. The molecule has 0 spiro atoms. The van der Waals surface area contributed by atoms with Crippen LogP contribution in [0.3, 0.4) is 0 Å². The van der Waals surface area contributed by atoms with Crippen LogP contribution < -0.4 is 15.4 Å². The number of benzene rings is 2. The zero-order valence-corrected chi connectivity index (χ0v) is 15.5. The van der Waals surface area contributed by atoms with Crippen molar-refractivity contribution in [3.05, 3.63) is 58.9 Å². The van der Waals surface area contributed by atoms with E-state index in [0.29, 0.717) is 30.4 Å². The van der Waals surface area contributed by atoms with Crippen molar-refractivity contribution in [3.63, 3.8) is 0 Å². The fourth-order valence-corrected chi connectivity index (χ4v) is 2.58. The smallest absolute Gasteiger partial charge is 0.191 e. The number of nitrogens with zero attached hydrogens (tertiary/aromatic N) is 1. The topological polar surface area (TPSA) is 65.9 Å². The summed E-state index contributed by atoms with van der Waals surface area (Å²) >= 11 is 0. The molecule has 0 saturated heterocycles. The lowest BCUT2D eigenvalue weighted by Gasteiger charge is -2.13. The van der Waals surface area contributed by atoms with Crippen LogP contribution in [0.5, 0.6) is 11.5 Å². The van der Waals surface area contributed by atoms with Crippen molar-refractivity contribution >= 4 is 5.96 Å². The Morgan fingerprint density at radius 3 is 2.65 bits per heavy atom. The molecule has 6 heteroatoms. The summed E-state index contributed by atoms with van der Waals surface area (Å²) in [5.41, 5.74) is 2.73. The quantitative estimate of drug-likeness (QED) is 0.525. The number of halogens is 1. The molecular weight excluding hydrogens is 333 g/mol. The van der Waals surface area contributed by atoms with Crippen LogP contribution >= 0.6 is 0 Å². The molecule has 0 heterocycles. The number of rotatable bonds is 7. The first kappa shape index (κ1) is 19.6. The number of nitrogens with one attached hydrogen (secondary N) is 2. The second-order valence-corrected chi connectivity index (χ2v) is 5.94. The van der Waals surface area contributed by atoms with E-state index in [4.69, 9.17) is 4.74 Å². The molecule has 0 bridgehead atoms. The molecular formula is C20H26FN3O2. The standard InChI is InChI=1S/C20H26FN3O2/c1-4-22-20(23-10-9-15-5-6-17(21)11-14(15)2)24-13-16-12-18(26-3)7-8-19(16)25/h5-8,11-12,25H,4,9-10,13H2,1-3H3,(H2,22,23,24). The van der Waals surface area contributed by atoms with E-state index in [1.807, 2.05) is 19.9 Å². The van der Waals surface area contributed by atoms with Gasteiger partial charge in [-0.1, -0.05) is 6.07 Å². The molecule has 26 heavy (non-hydrogen) atoms. The van der Waals surface area contributed by atoms with Crippen LogP contribution in [0.15, 0.2) is 41.4 Å². The highest BCUT2D eigenvalue weighted by Gasteiger charge is 2.05. The molecule has 0 unspecified atom stereocenters. The first-order valence-electron chi connectivity index (χ1n) is 8.66. The van der Waals surface area contributed by atoms with Crippen molar-refractivity contribution < 1.29 is 14.2 Å². The summed E-state index contributed by atoms with van der Waals surface area (Å²) in [4.78, 5) is 4.51. The molecule has 0 aliphatic rings. The molecule has 0 fully saturated rings. The van der Waals surface area contributed by atoms with Crippen molar-refractivity contribution in [2.75, 3.05) is 20.2 Å². The van der Waals surface area contributed by atoms with Gasteiger partial charge >= 0.3 is 0 Å². The maximum absolute atomic E-state index is 13.2. The van der Waals surface area contributed by atoms with Gasteiger partial charge in [-0.3, -0.25) is 0 Å². The predicted octanol–water partition coefficient (Wildman–Crippen LogP) is 3.15. The molecule has 0 atom stereocenters. The van der Waals surface area contributed by atoms with Crippen molar-refractivity contribution in [2.24, 2.45) is 4.99 Å². The number of ether oxygens (including phenoxy) is 1. The number of hydrogen-bond donors (Lipinski definition) is 3. The minimum absolute atomic E-state index is 0.187. The van der Waals surface area contributed by atoms with Gasteiger partial charge in [-0.15, -0.1) is 0 Å². The van der Waals surface area contributed by atoms with Crippen LogP contribution in [0.4, 0.5) is 4.39 Å². The van der Waals surface area contributed by atoms with E-state index in [2.05, 4.69) is 15.6 Å². The lowest BCUT2D eigenvalue weighted by molar-refractivity contribution is 0.411. The summed E-state index contributed by atoms with van der Waals surface area (Å²) < 4.78 is 18.4. The van der Waals surface area contributed by atoms with Crippen LogP contribution in [0, 0.1) is 12.7 Å². The zero-order chi connectivity index (χ0) is 18.9. The second kappa shape index (κ2) is 9.65. The SMILES string of the molecule is CCNC(=NCc1cc(OC)ccc1O)NCCc1ccc(F)cc1C. The van der Waals surface area contributed by atoms with Gasteiger partial charge in [-0.25, -0.2) is 9.38 Å². The van der Waals surface area contributed by atoms with E-state index in [1.54, 1.807) is 31.4 Å². The largest absolute Gasteiger partial charge is 0.508 e. The van der Waals surface area contributed by atoms with Crippen molar-refractivity contribution in [3.8, 4) is 11.5 Å². The Morgan fingerprint density at radius 1 is 1.15 bits per heavy atom. The maximum atomic E-state index is 13.2. The molecule has 0 radical (unpaired) electrons. The molecule has 3 N–H and O–H groups in total. The third-order valence-electron chi connectivity index (χ3n) is 4.03. The van der Waals surface area contributed by atoms with Gasteiger partial charge in [0.25, 0.3) is 0 Å². The summed E-state index contributed by atoms with van der Waals surface area (Å²) in [7, 11) is 1.59. The third kappa shape index (κ3) is 5.65.